The summed E-state index contributed by atoms with van der Waals surface area (Å²) >= 11 is 0. The summed E-state index contributed by atoms with van der Waals surface area (Å²) in [6.45, 7) is 0. The van der Waals surface area contributed by atoms with Gasteiger partial charge < -0.3 is 4.42 Å². The first-order chi connectivity index (χ1) is 9.81. The van der Waals surface area contributed by atoms with Gasteiger partial charge in [-0.3, -0.25) is 9.78 Å². The summed E-state index contributed by atoms with van der Waals surface area (Å²) in [5, 5.41) is 10.00. The monoisotopic (exact) mass is 262 g/mol. The molecule has 4 nitrogen and oxygen atoms in total. The number of para-hydroxylation sites is 1. The number of furan rings is 1. The van der Waals surface area contributed by atoms with E-state index in [2.05, 4.69) is 4.98 Å². The van der Waals surface area contributed by atoms with Crippen LogP contribution in [0.4, 0.5) is 0 Å². The number of nitriles is 1. The van der Waals surface area contributed by atoms with Crippen molar-refractivity contribution in [3.8, 4) is 6.07 Å². The first-order valence-electron chi connectivity index (χ1n) is 6.12. The third-order valence-electron chi connectivity index (χ3n) is 3.12. The highest BCUT2D eigenvalue weighted by atomic mass is 16.3. The van der Waals surface area contributed by atoms with E-state index in [1.165, 1.54) is 6.26 Å². The minimum atomic E-state index is -0.919. The maximum Gasteiger partial charge on any atom is 0.189 e. The Morgan fingerprint density at radius 3 is 2.75 bits per heavy atom. The Kier molecular flexibility index (Phi) is 3.02. The summed E-state index contributed by atoms with van der Waals surface area (Å²) in [7, 11) is 0. The molecule has 0 aliphatic heterocycles. The lowest BCUT2D eigenvalue weighted by atomic mass is 9.95. The number of rotatable bonds is 3. The summed E-state index contributed by atoms with van der Waals surface area (Å²) in [6.07, 6.45) is 2.97. The van der Waals surface area contributed by atoms with Crippen molar-refractivity contribution in [2.24, 2.45) is 0 Å². The molecule has 3 rings (SSSR count). The maximum atomic E-state index is 12.5. The maximum absolute atomic E-state index is 12.5. The number of fused-ring (bicyclic) bond motifs is 1. The standard InChI is InChI=1S/C16H10N2O2/c17-9-12(14-6-3-4-8-18-14)16(19)13-10-20-15-7-2-1-5-11(13)15/h1-8,10,12H. The molecule has 0 spiro atoms. The topological polar surface area (TPSA) is 66.9 Å². The lowest BCUT2D eigenvalue weighted by molar-refractivity contribution is 0.0978. The quantitative estimate of drug-likeness (QED) is 0.679. The SMILES string of the molecule is N#CC(C(=O)c1coc2ccccc12)c1ccccn1. The molecule has 0 aliphatic rings. The van der Waals surface area contributed by atoms with Crippen molar-refractivity contribution in [3.05, 3.63) is 66.2 Å². The van der Waals surface area contributed by atoms with E-state index in [0.29, 0.717) is 22.2 Å². The predicted octanol–water partition coefficient (Wildman–Crippen LogP) is 3.32. The fourth-order valence-corrected chi connectivity index (χ4v) is 2.13. The van der Waals surface area contributed by atoms with Crippen molar-refractivity contribution in [2.75, 3.05) is 0 Å². The van der Waals surface area contributed by atoms with Gasteiger partial charge in [0.15, 0.2) is 11.7 Å². The van der Waals surface area contributed by atoms with Crippen molar-refractivity contribution in [1.82, 2.24) is 4.98 Å². The fraction of sp³-hybridized carbons (Fsp3) is 0.0625. The number of hydrogen-bond donors (Lipinski definition) is 0. The van der Waals surface area contributed by atoms with Gasteiger partial charge in [0.1, 0.15) is 11.8 Å². The molecule has 0 aliphatic carbocycles. The molecule has 2 aromatic heterocycles. The number of carbonyl (C=O) groups excluding carboxylic acids is 1. The largest absolute Gasteiger partial charge is 0.464 e. The van der Waals surface area contributed by atoms with Crippen LogP contribution in [0.2, 0.25) is 0 Å². The average molecular weight is 262 g/mol. The Hall–Kier alpha value is -2.93. The smallest absolute Gasteiger partial charge is 0.189 e. The van der Waals surface area contributed by atoms with Crippen LogP contribution in [0.15, 0.2) is 59.3 Å². The van der Waals surface area contributed by atoms with E-state index >= 15 is 0 Å². The normalized spacial score (nSPS) is 11.9. The van der Waals surface area contributed by atoms with Crippen LogP contribution in [0, 0.1) is 11.3 Å². The Morgan fingerprint density at radius 2 is 2.00 bits per heavy atom. The number of ketones is 1. The van der Waals surface area contributed by atoms with Gasteiger partial charge in [0, 0.05) is 11.6 Å². The van der Waals surface area contributed by atoms with Crippen molar-refractivity contribution < 1.29 is 9.21 Å². The Labute approximate surface area is 115 Å². The van der Waals surface area contributed by atoms with Gasteiger partial charge in [-0.25, -0.2) is 0 Å². The van der Waals surface area contributed by atoms with E-state index in [1.807, 2.05) is 18.2 Å². The highest BCUT2D eigenvalue weighted by Gasteiger charge is 2.25. The zero-order valence-electron chi connectivity index (χ0n) is 10.5. The molecule has 0 N–H and O–H groups in total. The van der Waals surface area contributed by atoms with E-state index in [9.17, 15) is 10.1 Å². The number of carbonyl (C=O) groups is 1. The Bertz CT molecular complexity index is 800. The van der Waals surface area contributed by atoms with Gasteiger partial charge in [0.25, 0.3) is 0 Å². The third kappa shape index (κ3) is 1.95. The highest BCUT2D eigenvalue weighted by Crippen LogP contribution is 2.26. The zero-order chi connectivity index (χ0) is 13.9. The number of hydrogen-bond acceptors (Lipinski definition) is 4. The number of nitrogens with zero attached hydrogens (tertiary/aromatic N) is 2. The number of benzene rings is 1. The van der Waals surface area contributed by atoms with Gasteiger partial charge >= 0.3 is 0 Å². The van der Waals surface area contributed by atoms with Crippen LogP contribution in [0.3, 0.4) is 0 Å². The molecule has 4 heteroatoms. The lowest BCUT2D eigenvalue weighted by Gasteiger charge is -2.05. The number of aromatic nitrogens is 1. The van der Waals surface area contributed by atoms with Crippen LogP contribution in [-0.2, 0) is 0 Å². The van der Waals surface area contributed by atoms with Crippen molar-refractivity contribution in [1.29, 1.82) is 5.26 Å². The number of Topliss-reactive ketones (excluding diaryl/α,β-unsaturated/α-hetero) is 1. The molecule has 0 bridgehead atoms. The third-order valence-corrected chi connectivity index (χ3v) is 3.12. The summed E-state index contributed by atoms with van der Waals surface area (Å²) in [4.78, 5) is 16.6. The Morgan fingerprint density at radius 1 is 1.20 bits per heavy atom. The van der Waals surface area contributed by atoms with E-state index in [-0.39, 0.29) is 5.78 Å². The van der Waals surface area contributed by atoms with Gasteiger partial charge in [0.05, 0.1) is 17.3 Å². The van der Waals surface area contributed by atoms with E-state index < -0.39 is 5.92 Å². The van der Waals surface area contributed by atoms with Gasteiger partial charge in [0.2, 0.25) is 0 Å². The summed E-state index contributed by atoms with van der Waals surface area (Å²) < 4.78 is 5.35. The summed E-state index contributed by atoms with van der Waals surface area (Å²) in [5.41, 5.74) is 1.50. The first kappa shape index (κ1) is 12.1. The molecular weight excluding hydrogens is 252 g/mol. The van der Waals surface area contributed by atoms with Crippen LogP contribution < -0.4 is 0 Å². The number of pyridine rings is 1. The average Bonchev–Trinajstić information content (AvgIpc) is 2.93. The van der Waals surface area contributed by atoms with Gasteiger partial charge in [-0.15, -0.1) is 0 Å². The Balaban J connectivity index is 2.06. The first-order valence-corrected chi connectivity index (χ1v) is 6.12. The molecule has 3 aromatic rings. The fourth-order valence-electron chi connectivity index (χ4n) is 2.13. The minimum Gasteiger partial charge on any atom is -0.464 e. The molecule has 0 amide bonds. The molecule has 2 heterocycles. The summed E-state index contributed by atoms with van der Waals surface area (Å²) in [6, 6.07) is 14.4. The van der Waals surface area contributed by atoms with Crippen LogP contribution >= 0.6 is 0 Å². The van der Waals surface area contributed by atoms with E-state index in [1.54, 1.807) is 36.5 Å². The van der Waals surface area contributed by atoms with E-state index in [0.717, 1.165) is 0 Å². The highest BCUT2D eigenvalue weighted by molar-refractivity contribution is 6.11. The van der Waals surface area contributed by atoms with Crippen molar-refractivity contribution in [2.45, 2.75) is 5.92 Å². The lowest BCUT2D eigenvalue weighted by Crippen LogP contribution is -2.12. The molecule has 96 valence electrons. The van der Waals surface area contributed by atoms with Crippen molar-refractivity contribution >= 4 is 16.8 Å². The molecule has 1 aromatic carbocycles. The van der Waals surface area contributed by atoms with E-state index in [4.69, 9.17) is 4.42 Å². The van der Waals surface area contributed by atoms with Crippen LogP contribution in [0.5, 0.6) is 0 Å². The molecule has 0 radical (unpaired) electrons. The molecule has 1 unspecified atom stereocenters. The molecular formula is C16H10N2O2. The zero-order valence-corrected chi connectivity index (χ0v) is 10.5. The van der Waals surface area contributed by atoms with Gasteiger partial charge in [-0.1, -0.05) is 24.3 Å². The summed E-state index contributed by atoms with van der Waals surface area (Å²) in [5.74, 6) is -1.21. The second-order valence-corrected chi connectivity index (χ2v) is 4.33. The second-order valence-electron chi connectivity index (χ2n) is 4.33. The minimum absolute atomic E-state index is 0.295. The molecule has 1 atom stereocenters. The molecule has 0 saturated heterocycles. The van der Waals surface area contributed by atoms with Crippen LogP contribution in [0.1, 0.15) is 22.0 Å². The molecule has 0 fully saturated rings. The van der Waals surface area contributed by atoms with Crippen LogP contribution in [-0.4, -0.2) is 10.8 Å². The molecule has 20 heavy (non-hydrogen) atoms. The predicted molar refractivity (Wildman–Crippen MR) is 73.1 cm³/mol. The second kappa shape index (κ2) is 4.98. The van der Waals surface area contributed by atoms with Crippen LogP contribution in [0.25, 0.3) is 11.0 Å². The van der Waals surface area contributed by atoms with Gasteiger partial charge in [-0.2, -0.15) is 5.26 Å². The molecule has 0 saturated carbocycles. The van der Waals surface area contributed by atoms with Gasteiger partial charge in [-0.05, 0) is 18.2 Å². The van der Waals surface area contributed by atoms with Crippen molar-refractivity contribution in [3.63, 3.8) is 0 Å².